The first kappa shape index (κ1) is 72.6. The SMILES string of the molecule is O=C(O)CN1CCN(CC(=O)O)CCN(CC(=O)NCCCOCCOCCOCCCNS(=O)(=O)c2ccc(-c3ccc(S(=O)(=O)NC(CNC(=O)c4ccc5c(cnn5CCCNc5ncc[nH]5)c4)C(=O)O)cc3)cc2)CCN(CC(=O)O)CC1.[Gd]. The van der Waals surface area contributed by atoms with Gasteiger partial charge in [-0.1, -0.05) is 24.3 Å². The topological polar surface area (TPSA) is 399 Å². The fourth-order valence-corrected chi connectivity index (χ4v) is 11.3. The summed E-state index contributed by atoms with van der Waals surface area (Å²) in [5.41, 5.74) is 2.17. The van der Waals surface area contributed by atoms with Gasteiger partial charge in [-0.15, -0.1) is 0 Å². The van der Waals surface area contributed by atoms with E-state index in [1.54, 1.807) is 68.3 Å². The van der Waals surface area contributed by atoms with E-state index in [1.165, 1.54) is 36.4 Å². The van der Waals surface area contributed by atoms with E-state index in [0.717, 1.165) is 11.9 Å². The zero-order valence-electron chi connectivity index (χ0n) is 48.4. The predicted molar refractivity (Wildman–Crippen MR) is 316 cm³/mol. The van der Waals surface area contributed by atoms with Crippen molar-refractivity contribution in [3.8, 4) is 11.1 Å². The van der Waals surface area contributed by atoms with Gasteiger partial charge in [-0.05, 0) is 72.9 Å². The molecular formula is C55H77GdN13O17S2. The van der Waals surface area contributed by atoms with E-state index in [2.05, 4.69) is 40.5 Å². The fraction of sp³-hybridized carbons (Fsp3) is 0.491. The van der Waals surface area contributed by atoms with Gasteiger partial charge in [-0.3, -0.25) is 53.0 Å². The van der Waals surface area contributed by atoms with Crippen molar-refractivity contribution in [1.29, 1.82) is 0 Å². The summed E-state index contributed by atoms with van der Waals surface area (Å²) >= 11 is 0. The van der Waals surface area contributed by atoms with Crippen LogP contribution < -0.4 is 25.4 Å². The average Bonchev–Trinajstić information content (AvgIpc) is 2.50. The molecule has 1 aliphatic rings. The summed E-state index contributed by atoms with van der Waals surface area (Å²) in [5.74, 6) is -4.82. The van der Waals surface area contributed by atoms with Gasteiger partial charge < -0.3 is 55.6 Å². The number of amides is 2. The second-order valence-corrected chi connectivity index (χ2v) is 23.7. The third-order valence-corrected chi connectivity index (χ3v) is 16.6. The van der Waals surface area contributed by atoms with E-state index in [0.29, 0.717) is 101 Å². The van der Waals surface area contributed by atoms with Crippen molar-refractivity contribution in [3.05, 3.63) is 90.9 Å². The summed E-state index contributed by atoms with van der Waals surface area (Å²) in [4.78, 5) is 86.4. The summed E-state index contributed by atoms with van der Waals surface area (Å²) in [6.45, 7) is 4.51. The molecule has 1 saturated heterocycles. The van der Waals surface area contributed by atoms with E-state index in [4.69, 9.17) is 14.2 Å². The maximum Gasteiger partial charge on any atom is 0.323 e. The number of aliphatic carboxylic acids is 4. The van der Waals surface area contributed by atoms with Crippen LogP contribution >= 0.6 is 0 Å². The van der Waals surface area contributed by atoms with E-state index in [9.17, 15) is 66.0 Å². The number of hydrogen-bond donors (Lipinski definition) is 10. The summed E-state index contributed by atoms with van der Waals surface area (Å²) < 4.78 is 75.9. The quantitative estimate of drug-likeness (QED) is 0.0230. The van der Waals surface area contributed by atoms with Crippen molar-refractivity contribution in [1.82, 2.24) is 59.4 Å². The molecule has 1 fully saturated rings. The van der Waals surface area contributed by atoms with Crippen molar-refractivity contribution in [3.63, 3.8) is 0 Å². The standard InChI is InChI=1S/C55H77N13O17S2.Gd/c69-49(37-64-20-22-65(38-50(70)71)24-26-67(40-52(74)75)27-25-66(23-21-64)39-51(72)73)56-15-2-28-83-30-32-85-33-31-84-29-3-16-62-86(79,80)45-9-4-41(5-10-45)42-6-11-46(12-7-42)87(81,82)63-47(54(77)78)36-60-53(76)43-8-13-48-44(34-43)35-61-68(48)19-1-14-57-55-58-17-18-59-55;/h4-13,17-18,34-35,47,62-63H,1-3,14-16,19-33,36-40H2,(H,56,69)(H,60,76)(H,70,71)(H,72,73)(H,74,75)(H,77,78)(H2,57,58,59);. The molecule has 30 nitrogen and oxygen atoms in total. The van der Waals surface area contributed by atoms with Crippen LogP contribution in [-0.4, -0.2) is 263 Å². The number of nitrogens with one attached hydrogen (secondary N) is 6. The zero-order valence-corrected chi connectivity index (χ0v) is 52.3. The number of imidazole rings is 1. The van der Waals surface area contributed by atoms with Crippen LogP contribution in [0.5, 0.6) is 0 Å². The van der Waals surface area contributed by atoms with Crippen LogP contribution in [0.1, 0.15) is 29.6 Å². The second-order valence-electron chi connectivity index (χ2n) is 20.2. The van der Waals surface area contributed by atoms with Gasteiger partial charge in [-0.2, -0.15) is 9.82 Å². The number of fused-ring (bicyclic) bond motifs is 1. The molecule has 6 rings (SSSR count). The molecule has 88 heavy (non-hydrogen) atoms. The van der Waals surface area contributed by atoms with E-state index < -0.39 is 62.4 Å². The largest absolute Gasteiger partial charge is 0.480 e. The minimum absolute atomic E-state index is 0. The van der Waals surface area contributed by atoms with Gasteiger partial charge in [-0.25, -0.2) is 26.5 Å². The van der Waals surface area contributed by atoms with Crippen LogP contribution in [0.15, 0.2) is 95.1 Å². The summed E-state index contributed by atoms with van der Waals surface area (Å²) in [6.07, 6.45) is 6.64. The van der Waals surface area contributed by atoms with Crippen molar-refractivity contribution in [2.75, 3.05) is 150 Å². The number of carboxylic acid groups (broad SMARTS) is 4. The third kappa shape index (κ3) is 25.7. The molecule has 0 radical (unpaired) electrons. The minimum atomic E-state index is -4.38. The monoisotopic (exact) mass is 1410 g/mol. The van der Waals surface area contributed by atoms with E-state index in [-0.39, 0.29) is 140 Å². The third-order valence-electron chi connectivity index (χ3n) is 13.6. The molecule has 0 bridgehead atoms. The van der Waals surface area contributed by atoms with Crippen molar-refractivity contribution < 1.29 is 120 Å². The second kappa shape index (κ2) is 37.7. The number of anilines is 1. The Labute approximate surface area is 541 Å². The molecule has 0 aliphatic carbocycles. The number of ether oxygens (including phenoxy) is 3. The summed E-state index contributed by atoms with van der Waals surface area (Å²) in [7, 11) is -8.25. The van der Waals surface area contributed by atoms with Crippen molar-refractivity contribution in [2.45, 2.75) is 41.6 Å². The number of rotatable bonds is 37. The van der Waals surface area contributed by atoms with Crippen LogP contribution in [0.25, 0.3) is 22.0 Å². The first-order valence-corrected chi connectivity index (χ1v) is 31.2. The molecule has 484 valence electrons. The molecule has 5 aromatic rings. The Kier molecular flexibility index (Phi) is 31.1. The normalized spacial score (nSPS) is 14.7. The molecule has 0 spiro atoms. The molecule has 3 aromatic carbocycles. The molecule has 2 aromatic heterocycles. The number of carbonyl (C=O) groups excluding carboxylic acids is 2. The van der Waals surface area contributed by atoms with Crippen molar-refractivity contribution in [2.24, 2.45) is 0 Å². The van der Waals surface area contributed by atoms with Gasteiger partial charge in [0.05, 0.1) is 74.1 Å². The number of nitrogens with zero attached hydrogens (tertiary/aromatic N) is 7. The van der Waals surface area contributed by atoms with Gasteiger partial charge in [0.15, 0.2) is 5.95 Å². The molecule has 1 aliphatic heterocycles. The maximum atomic E-state index is 13.3. The van der Waals surface area contributed by atoms with Crippen LogP contribution in [0, 0.1) is 39.9 Å². The molecule has 10 N–H and O–H groups in total. The van der Waals surface area contributed by atoms with Crippen LogP contribution in [0.3, 0.4) is 0 Å². The first-order chi connectivity index (χ1) is 41.7. The number of aryl methyl sites for hydroxylation is 1. The van der Waals surface area contributed by atoms with E-state index in [1.807, 2.05) is 4.90 Å². The van der Waals surface area contributed by atoms with Gasteiger partial charge in [0, 0.05) is 162 Å². The number of aromatic amines is 1. The number of carbonyl (C=O) groups is 6. The van der Waals surface area contributed by atoms with Gasteiger partial charge in [0.25, 0.3) is 5.91 Å². The number of benzene rings is 3. The molecule has 33 heteroatoms. The molecule has 0 saturated carbocycles. The Balaban J connectivity index is 0.0000141. The predicted octanol–water partition coefficient (Wildman–Crippen LogP) is -0.210. The van der Waals surface area contributed by atoms with E-state index >= 15 is 0 Å². The maximum absolute atomic E-state index is 13.3. The van der Waals surface area contributed by atoms with Gasteiger partial charge in [0.1, 0.15) is 6.04 Å². The molecule has 1 atom stereocenters. The number of hydrogen-bond acceptors (Lipinski definition) is 20. The van der Waals surface area contributed by atoms with Crippen molar-refractivity contribution >= 4 is 72.6 Å². The Morgan fingerprint density at radius 3 is 1.59 bits per heavy atom. The summed E-state index contributed by atoms with van der Waals surface area (Å²) in [5, 5.41) is 51.7. The molecule has 2 amide bonds. The fourth-order valence-electron chi connectivity index (χ4n) is 9.04. The molecule has 1 unspecified atom stereocenters. The Morgan fingerprint density at radius 1 is 0.591 bits per heavy atom. The Bertz CT molecular complexity index is 3200. The molecule has 3 heterocycles. The number of aromatic nitrogens is 4. The Hall–Kier alpha value is -6.18. The first-order valence-electron chi connectivity index (χ1n) is 28.2. The van der Waals surface area contributed by atoms with Gasteiger partial charge in [0.2, 0.25) is 26.0 Å². The van der Waals surface area contributed by atoms with Crippen LogP contribution in [0.4, 0.5) is 5.95 Å². The minimum Gasteiger partial charge on any atom is -0.480 e. The zero-order chi connectivity index (χ0) is 62.6. The number of H-pyrrole nitrogens is 1. The average molecular weight is 1410 g/mol. The van der Waals surface area contributed by atoms with Crippen LogP contribution in [-0.2, 0) is 64.8 Å². The smallest absolute Gasteiger partial charge is 0.323 e. The number of sulfonamides is 2. The molecular weight excluding hydrogens is 1340 g/mol. The number of carboxylic acids is 4. The van der Waals surface area contributed by atoms with Crippen LogP contribution in [0.2, 0.25) is 0 Å². The van der Waals surface area contributed by atoms with Gasteiger partial charge >= 0.3 is 23.9 Å². The Morgan fingerprint density at radius 2 is 1.09 bits per heavy atom. The summed E-state index contributed by atoms with van der Waals surface area (Å²) in [6, 6.07) is 14.7.